The van der Waals surface area contributed by atoms with Crippen LogP contribution in [-0.4, -0.2) is 90.3 Å². The molecule has 3 aromatic rings. The van der Waals surface area contributed by atoms with Gasteiger partial charge in [0.25, 0.3) is 0 Å². The molecule has 4 saturated heterocycles. The van der Waals surface area contributed by atoms with Gasteiger partial charge in [0.1, 0.15) is 36.4 Å². The Bertz CT molecular complexity index is 1900. The summed E-state index contributed by atoms with van der Waals surface area (Å²) in [5, 5.41) is 13.9. The van der Waals surface area contributed by atoms with Crippen LogP contribution in [0.15, 0.2) is 91.0 Å². The first-order chi connectivity index (χ1) is 25.6. The molecule has 53 heavy (non-hydrogen) atoms. The van der Waals surface area contributed by atoms with Crippen LogP contribution in [0.25, 0.3) is 6.08 Å². The van der Waals surface area contributed by atoms with E-state index in [2.05, 4.69) is 5.32 Å². The van der Waals surface area contributed by atoms with Gasteiger partial charge in [-0.25, -0.2) is 9.59 Å². The number of fused-ring (bicyclic) bond motifs is 4. The standard InChI is InChI=1S/C40H40N2O11/c1-38(2)23-48-36(46)34(38)50-29(44)18-17-24-11-9-10-12-25(24)22-42-32-35(45)49-28-21-39(32,37(47)41-19-20-43)33(53-42)31-30(28)51-40(52-31,26-13-5-3-6-14-26)27-15-7-4-8-16-27/h3-18,28,30-34,43H,19-23H2,1-2H3,(H,41,47)/t28-,30-,31-,32-,33+,34-,39-/m0/s1. The Morgan fingerprint density at radius 3 is 2.25 bits per heavy atom. The van der Waals surface area contributed by atoms with E-state index in [-0.39, 0.29) is 32.7 Å². The summed E-state index contributed by atoms with van der Waals surface area (Å²) in [7, 11) is 0. The van der Waals surface area contributed by atoms with Crippen LogP contribution in [0.1, 0.15) is 42.5 Å². The van der Waals surface area contributed by atoms with Gasteiger partial charge in [-0.05, 0) is 17.2 Å². The largest absolute Gasteiger partial charge is 0.462 e. The van der Waals surface area contributed by atoms with Gasteiger partial charge < -0.3 is 34.1 Å². The Kier molecular flexibility index (Phi) is 8.94. The van der Waals surface area contributed by atoms with Crippen molar-refractivity contribution in [3.05, 3.63) is 113 Å². The summed E-state index contributed by atoms with van der Waals surface area (Å²) in [4.78, 5) is 60.1. The summed E-state index contributed by atoms with van der Waals surface area (Å²) in [5.41, 5.74) is 0.603. The van der Waals surface area contributed by atoms with Gasteiger partial charge in [0.05, 0.1) is 13.2 Å². The van der Waals surface area contributed by atoms with Crippen molar-refractivity contribution < 1.29 is 52.8 Å². The van der Waals surface area contributed by atoms with Crippen LogP contribution in [0.3, 0.4) is 0 Å². The van der Waals surface area contributed by atoms with Gasteiger partial charge in [-0.1, -0.05) is 98.8 Å². The smallest absolute Gasteiger partial charge is 0.348 e. The maximum Gasteiger partial charge on any atom is 0.348 e. The third-order valence-electron chi connectivity index (χ3n) is 10.8. The molecule has 1 saturated carbocycles. The number of aliphatic hydroxyl groups is 1. The molecular formula is C40H40N2O11. The number of hydrogen-bond acceptors (Lipinski definition) is 12. The third-order valence-corrected chi connectivity index (χ3v) is 10.8. The number of cyclic esters (lactones) is 1. The average molecular weight is 725 g/mol. The van der Waals surface area contributed by atoms with Gasteiger partial charge in [0, 0.05) is 35.6 Å². The number of rotatable bonds is 10. The van der Waals surface area contributed by atoms with E-state index in [1.54, 1.807) is 32.1 Å². The number of aliphatic hydroxyl groups excluding tert-OH is 1. The van der Waals surface area contributed by atoms with E-state index in [1.165, 1.54) is 11.1 Å². The highest BCUT2D eigenvalue weighted by Gasteiger charge is 2.76. The highest BCUT2D eigenvalue weighted by molar-refractivity contribution is 5.94. The Balaban J connectivity index is 1.13. The molecule has 2 N–H and O–H groups in total. The van der Waals surface area contributed by atoms with E-state index < -0.39 is 77.0 Å². The third kappa shape index (κ3) is 5.83. The first-order valence-corrected chi connectivity index (χ1v) is 17.7. The minimum atomic E-state index is -1.46. The van der Waals surface area contributed by atoms with E-state index in [1.807, 2.05) is 72.8 Å². The molecule has 13 nitrogen and oxygen atoms in total. The summed E-state index contributed by atoms with van der Waals surface area (Å²) >= 11 is 0. The summed E-state index contributed by atoms with van der Waals surface area (Å²) in [6.07, 6.45) is -1.60. The second-order valence-electron chi connectivity index (χ2n) is 14.7. The average Bonchev–Trinajstić information content (AvgIpc) is 3.82. The number of hydrogen-bond donors (Lipinski definition) is 2. The van der Waals surface area contributed by atoms with Crippen molar-refractivity contribution in [1.29, 1.82) is 0 Å². The monoisotopic (exact) mass is 724 g/mol. The van der Waals surface area contributed by atoms with Gasteiger partial charge >= 0.3 is 17.9 Å². The second-order valence-corrected chi connectivity index (χ2v) is 14.7. The number of hydroxylamine groups is 2. The zero-order valence-corrected chi connectivity index (χ0v) is 29.2. The summed E-state index contributed by atoms with van der Waals surface area (Å²) in [6, 6.07) is 25.0. The van der Waals surface area contributed by atoms with Crippen LogP contribution < -0.4 is 5.32 Å². The van der Waals surface area contributed by atoms with E-state index in [9.17, 15) is 24.3 Å². The lowest BCUT2D eigenvalue weighted by Crippen LogP contribution is -2.69. The SMILES string of the molecule is CC1(C)COC(=O)[C@@H]1OC(=O)C=Cc1ccccc1CN1O[C@@H]2[C@H]3OC(c4ccccc4)(c4ccccc4)O[C@H]3[C@@H]3C[C@]2(C(=O)NCCO)[C@@H]1C(=O)O3. The maximum absolute atomic E-state index is 14.3. The van der Waals surface area contributed by atoms with Gasteiger partial charge in [-0.2, -0.15) is 5.06 Å². The number of esters is 3. The number of benzene rings is 3. The Labute approximate surface area is 305 Å². The molecule has 3 aromatic carbocycles. The fourth-order valence-electron chi connectivity index (χ4n) is 8.28. The number of carbonyl (C=O) groups is 4. The lowest BCUT2D eigenvalue weighted by molar-refractivity contribution is -0.213. The van der Waals surface area contributed by atoms with Crippen LogP contribution in [-0.2, 0) is 60.0 Å². The summed E-state index contributed by atoms with van der Waals surface area (Å²) in [6.45, 7) is 3.42. The van der Waals surface area contributed by atoms with Gasteiger partial charge in [-0.3, -0.25) is 14.4 Å². The first-order valence-electron chi connectivity index (χ1n) is 17.7. The molecule has 0 radical (unpaired) electrons. The zero-order valence-electron chi connectivity index (χ0n) is 29.2. The maximum atomic E-state index is 14.3. The molecule has 13 heteroatoms. The second kappa shape index (κ2) is 13.5. The fraction of sp³-hybridized carbons (Fsp3) is 0.400. The Hall–Kier alpha value is -4.92. The number of amides is 1. The lowest BCUT2D eigenvalue weighted by atomic mass is 9.62. The van der Waals surface area contributed by atoms with E-state index >= 15 is 0 Å². The molecule has 0 unspecified atom stereocenters. The predicted octanol–water partition coefficient (Wildman–Crippen LogP) is 2.79. The number of carbonyl (C=O) groups excluding carboxylic acids is 4. The van der Waals surface area contributed by atoms with Crippen LogP contribution in [0.5, 0.6) is 0 Å². The van der Waals surface area contributed by atoms with E-state index in [4.69, 9.17) is 28.5 Å². The molecular weight excluding hydrogens is 684 g/mol. The molecule has 7 atom stereocenters. The molecule has 8 rings (SSSR count). The number of ether oxygens (including phenoxy) is 5. The highest BCUT2D eigenvalue weighted by atomic mass is 16.8. The molecule has 0 aromatic heterocycles. The van der Waals surface area contributed by atoms with Crippen molar-refractivity contribution in [1.82, 2.24) is 10.4 Å². The highest BCUT2D eigenvalue weighted by Crippen LogP contribution is 2.59. The lowest BCUT2D eigenvalue weighted by Gasteiger charge is -2.48. The molecule has 1 amide bonds. The zero-order chi connectivity index (χ0) is 37.0. The fourth-order valence-corrected chi connectivity index (χ4v) is 8.28. The Morgan fingerprint density at radius 2 is 1.58 bits per heavy atom. The predicted molar refractivity (Wildman–Crippen MR) is 185 cm³/mol. The van der Waals surface area contributed by atoms with Gasteiger partial charge in [-0.15, -0.1) is 0 Å². The minimum absolute atomic E-state index is 0.0221. The van der Waals surface area contributed by atoms with E-state index in [0.717, 1.165) is 11.1 Å². The molecule has 5 fully saturated rings. The summed E-state index contributed by atoms with van der Waals surface area (Å²) in [5.74, 6) is -3.82. The van der Waals surface area contributed by atoms with Crippen molar-refractivity contribution in [2.75, 3.05) is 19.8 Å². The van der Waals surface area contributed by atoms with Gasteiger partial charge in [0.2, 0.25) is 17.8 Å². The van der Waals surface area contributed by atoms with Crippen LogP contribution in [0.2, 0.25) is 0 Å². The van der Waals surface area contributed by atoms with Crippen molar-refractivity contribution in [3.8, 4) is 0 Å². The molecule has 5 aliphatic rings. The van der Waals surface area contributed by atoms with Crippen molar-refractivity contribution in [2.45, 2.75) is 69.2 Å². The van der Waals surface area contributed by atoms with Crippen LogP contribution >= 0.6 is 0 Å². The van der Waals surface area contributed by atoms with Crippen molar-refractivity contribution in [2.24, 2.45) is 10.8 Å². The molecule has 4 heterocycles. The van der Waals surface area contributed by atoms with Crippen molar-refractivity contribution in [3.63, 3.8) is 0 Å². The van der Waals surface area contributed by atoms with E-state index in [0.29, 0.717) is 11.1 Å². The van der Waals surface area contributed by atoms with Gasteiger partial charge in [0.15, 0.2) is 6.04 Å². The normalized spacial score (nSPS) is 30.8. The minimum Gasteiger partial charge on any atom is -0.462 e. The first kappa shape index (κ1) is 35.1. The molecule has 2 bridgehead atoms. The quantitative estimate of drug-likeness (QED) is 0.179. The van der Waals surface area contributed by atoms with Crippen molar-refractivity contribution >= 4 is 29.9 Å². The summed E-state index contributed by atoms with van der Waals surface area (Å²) < 4.78 is 30.5. The number of nitrogens with zero attached hydrogens (tertiary/aromatic N) is 1. The molecule has 1 aliphatic carbocycles. The molecule has 4 aliphatic heterocycles. The Morgan fingerprint density at radius 1 is 0.925 bits per heavy atom. The van der Waals surface area contributed by atoms with Crippen LogP contribution in [0.4, 0.5) is 0 Å². The number of nitrogens with one attached hydrogen (secondary N) is 1. The topological polar surface area (TPSA) is 159 Å². The molecule has 0 spiro atoms. The van der Waals surface area contributed by atoms with Crippen LogP contribution in [0, 0.1) is 10.8 Å². The molecule has 276 valence electrons.